The molecule has 2 aromatic rings. The molecule has 0 unspecified atom stereocenters. The van der Waals surface area contributed by atoms with E-state index < -0.39 is 0 Å². The van der Waals surface area contributed by atoms with Gasteiger partial charge in [0.05, 0.1) is 12.1 Å². The molecule has 0 fully saturated rings. The summed E-state index contributed by atoms with van der Waals surface area (Å²) in [5, 5.41) is 3.23. The largest absolute Gasteiger partial charge is 0.495 e. The molecule has 1 amide bonds. The van der Waals surface area contributed by atoms with Gasteiger partial charge in [-0.25, -0.2) is 0 Å². The third-order valence-electron chi connectivity index (χ3n) is 2.78. The molecular formula is C16H15ClN2O2. The zero-order valence-electron chi connectivity index (χ0n) is 11.5. The van der Waals surface area contributed by atoms with Gasteiger partial charge in [0.1, 0.15) is 5.75 Å². The topological polar surface area (TPSA) is 64.3 Å². The van der Waals surface area contributed by atoms with Gasteiger partial charge in [-0.15, -0.1) is 0 Å². The first-order chi connectivity index (χ1) is 10.1. The fraction of sp³-hybridized carbons (Fsp3) is 0.0625. The first-order valence-corrected chi connectivity index (χ1v) is 6.64. The zero-order chi connectivity index (χ0) is 15.2. The minimum Gasteiger partial charge on any atom is -0.495 e. The molecule has 0 spiro atoms. The normalized spacial score (nSPS) is 10.6. The summed E-state index contributed by atoms with van der Waals surface area (Å²) < 4.78 is 5.09. The summed E-state index contributed by atoms with van der Waals surface area (Å²) in [4.78, 5) is 11.8. The van der Waals surface area contributed by atoms with Gasteiger partial charge < -0.3 is 15.8 Å². The monoisotopic (exact) mass is 302 g/mol. The summed E-state index contributed by atoms with van der Waals surface area (Å²) in [7, 11) is 1.52. The highest BCUT2D eigenvalue weighted by molar-refractivity contribution is 6.32. The number of amides is 1. The number of anilines is 2. The first-order valence-electron chi connectivity index (χ1n) is 6.26. The Morgan fingerprint density at radius 1 is 1.24 bits per heavy atom. The van der Waals surface area contributed by atoms with E-state index in [0.717, 1.165) is 5.56 Å². The number of methoxy groups -OCH3 is 1. The molecule has 108 valence electrons. The second kappa shape index (κ2) is 6.81. The lowest BCUT2D eigenvalue weighted by Gasteiger charge is -2.06. The number of hydrogen-bond donors (Lipinski definition) is 2. The quantitative estimate of drug-likeness (QED) is 0.670. The van der Waals surface area contributed by atoms with Crippen LogP contribution in [0.2, 0.25) is 5.02 Å². The van der Waals surface area contributed by atoms with E-state index in [9.17, 15) is 4.79 Å². The Morgan fingerprint density at radius 3 is 2.62 bits per heavy atom. The van der Waals surface area contributed by atoms with Crippen LogP contribution in [-0.4, -0.2) is 13.0 Å². The van der Waals surface area contributed by atoms with Crippen LogP contribution in [0, 0.1) is 0 Å². The molecular weight excluding hydrogens is 288 g/mol. The molecule has 0 saturated carbocycles. The van der Waals surface area contributed by atoms with Gasteiger partial charge >= 0.3 is 0 Å². The Kier molecular flexibility index (Phi) is 4.85. The number of benzene rings is 2. The van der Waals surface area contributed by atoms with Gasteiger partial charge in [0.2, 0.25) is 5.91 Å². The zero-order valence-corrected chi connectivity index (χ0v) is 12.2. The van der Waals surface area contributed by atoms with Crippen molar-refractivity contribution < 1.29 is 9.53 Å². The molecule has 0 aromatic heterocycles. The molecule has 0 aliphatic rings. The molecule has 2 rings (SSSR count). The Balaban J connectivity index is 2.03. The Labute approximate surface area is 128 Å². The Morgan fingerprint density at radius 2 is 1.95 bits per heavy atom. The molecule has 3 N–H and O–H groups in total. The third-order valence-corrected chi connectivity index (χ3v) is 3.09. The summed E-state index contributed by atoms with van der Waals surface area (Å²) in [5.41, 5.74) is 7.79. The molecule has 0 aliphatic carbocycles. The van der Waals surface area contributed by atoms with Crippen LogP contribution in [0.1, 0.15) is 5.56 Å². The number of rotatable bonds is 4. The van der Waals surface area contributed by atoms with Crippen molar-refractivity contribution in [1.82, 2.24) is 0 Å². The van der Waals surface area contributed by atoms with E-state index in [1.54, 1.807) is 36.4 Å². The second-order valence-electron chi connectivity index (χ2n) is 4.34. The molecule has 0 radical (unpaired) electrons. The van der Waals surface area contributed by atoms with Crippen LogP contribution < -0.4 is 15.8 Å². The van der Waals surface area contributed by atoms with E-state index in [4.69, 9.17) is 22.1 Å². The van der Waals surface area contributed by atoms with Gasteiger partial charge in [0.15, 0.2) is 0 Å². The molecule has 5 heteroatoms. The number of halogens is 1. The third kappa shape index (κ3) is 4.26. The van der Waals surface area contributed by atoms with Gasteiger partial charge in [-0.3, -0.25) is 4.79 Å². The maximum Gasteiger partial charge on any atom is 0.248 e. The van der Waals surface area contributed by atoms with Crippen LogP contribution >= 0.6 is 11.6 Å². The van der Waals surface area contributed by atoms with Crippen LogP contribution in [0.4, 0.5) is 11.4 Å². The number of ether oxygens (including phenoxy) is 1. The van der Waals surface area contributed by atoms with E-state index in [0.29, 0.717) is 22.1 Å². The fourth-order valence-electron chi connectivity index (χ4n) is 1.70. The molecule has 0 bridgehead atoms. The van der Waals surface area contributed by atoms with E-state index in [-0.39, 0.29) is 5.91 Å². The standard InChI is InChI=1S/C16H15ClN2O2/c1-21-15-10-13(7-8-14(15)17)19-16(20)9-4-11-2-5-12(18)6-3-11/h2-10H,18H2,1H3,(H,19,20)/b9-4+. The van der Waals surface area contributed by atoms with E-state index in [2.05, 4.69) is 5.32 Å². The summed E-state index contributed by atoms with van der Waals surface area (Å²) >= 11 is 5.92. The summed E-state index contributed by atoms with van der Waals surface area (Å²) in [6.07, 6.45) is 3.16. The summed E-state index contributed by atoms with van der Waals surface area (Å²) in [6.45, 7) is 0. The average Bonchev–Trinajstić information content (AvgIpc) is 2.48. The molecule has 0 atom stereocenters. The number of nitrogens with two attached hydrogens (primary N) is 1. The minimum absolute atomic E-state index is 0.240. The van der Waals surface area contributed by atoms with Gasteiger partial charge in [-0.1, -0.05) is 23.7 Å². The van der Waals surface area contributed by atoms with Crippen molar-refractivity contribution in [2.75, 3.05) is 18.2 Å². The number of hydrogen-bond acceptors (Lipinski definition) is 3. The van der Waals surface area contributed by atoms with Crippen molar-refractivity contribution in [3.63, 3.8) is 0 Å². The van der Waals surface area contributed by atoms with E-state index >= 15 is 0 Å². The van der Waals surface area contributed by atoms with Crippen LogP contribution in [-0.2, 0) is 4.79 Å². The van der Waals surface area contributed by atoms with Crippen molar-refractivity contribution >= 4 is 35.0 Å². The molecule has 21 heavy (non-hydrogen) atoms. The Hall–Kier alpha value is -2.46. The van der Waals surface area contributed by atoms with Crippen molar-refractivity contribution in [3.8, 4) is 5.75 Å². The number of nitrogen functional groups attached to an aromatic ring is 1. The molecule has 0 heterocycles. The van der Waals surface area contributed by atoms with Gasteiger partial charge in [-0.05, 0) is 35.9 Å². The SMILES string of the molecule is COc1cc(NC(=O)/C=C/c2ccc(N)cc2)ccc1Cl. The average molecular weight is 303 g/mol. The highest BCUT2D eigenvalue weighted by Gasteiger charge is 2.03. The lowest BCUT2D eigenvalue weighted by molar-refractivity contribution is -0.111. The van der Waals surface area contributed by atoms with Crippen LogP contribution in [0.15, 0.2) is 48.5 Å². The summed E-state index contributed by atoms with van der Waals surface area (Å²) in [6, 6.07) is 12.3. The summed E-state index contributed by atoms with van der Waals surface area (Å²) in [5.74, 6) is 0.271. The lowest BCUT2D eigenvalue weighted by Crippen LogP contribution is -2.07. The lowest BCUT2D eigenvalue weighted by atomic mass is 10.2. The van der Waals surface area contributed by atoms with Gasteiger partial charge in [0.25, 0.3) is 0 Å². The highest BCUT2D eigenvalue weighted by atomic mass is 35.5. The minimum atomic E-state index is -0.240. The second-order valence-corrected chi connectivity index (χ2v) is 4.75. The predicted molar refractivity (Wildman–Crippen MR) is 86.5 cm³/mol. The van der Waals surface area contributed by atoms with Crippen LogP contribution in [0.5, 0.6) is 5.75 Å². The smallest absolute Gasteiger partial charge is 0.248 e. The predicted octanol–water partition coefficient (Wildman–Crippen LogP) is 3.58. The maximum absolute atomic E-state index is 11.8. The fourth-order valence-corrected chi connectivity index (χ4v) is 1.90. The van der Waals surface area contributed by atoms with E-state index in [1.165, 1.54) is 13.2 Å². The van der Waals surface area contributed by atoms with Gasteiger partial charge in [0, 0.05) is 23.5 Å². The molecule has 2 aromatic carbocycles. The van der Waals surface area contributed by atoms with E-state index in [1.807, 2.05) is 12.1 Å². The van der Waals surface area contributed by atoms with Crippen molar-refractivity contribution in [2.45, 2.75) is 0 Å². The number of carbonyl (C=O) groups is 1. The van der Waals surface area contributed by atoms with Gasteiger partial charge in [-0.2, -0.15) is 0 Å². The van der Waals surface area contributed by atoms with Crippen molar-refractivity contribution in [1.29, 1.82) is 0 Å². The number of nitrogens with one attached hydrogen (secondary N) is 1. The van der Waals surface area contributed by atoms with Crippen LogP contribution in [0.25, 0.3) is 6.08 Å². The molecule has 0 aliphatic heterocycles. The first kappa shape index (κ1) is 14.9. The molecule has 4 nitrogen and oxygen atoms in total. The van der Waals surface area contributed by atoms with Crippen LogP contribution in [0.3, 0.4) is 0 Å². The highest BCUT2D eigenvalue weighted by Crippen LogP contribution is 2.27. The maximum atomic E-state index is 11.8. The molecule has 0 saturated heterocycles. The van der Waals surface area contributed by atoms with Crippen molar-refractivity contribution in [2.24, 2.45) is 0 Å². The number of carbonyl (C=O) groups excluding carboxylic acids is 1. The Bertz CT molecular complexity index is 666. The van der Waals surface area contributed by atoms with Crippen molar-refractivity contribution in [3.05, 3.63) is 59.1 Å².